The minimum atomic E-state index is -0.368. The molecule has 1 aromatic carbocycles. The molecule has 0 spiro atoms. The number of rotatable bonds is 6. The van der Waals surface area contributed by atoms with Gasteiger partial charge in [0.05, 0.1) is 4.92 Å². The van der Waals surface area contributed by atoms with Crippen molar-refractivity contribution < 1.29 is 4.92 Å². The number of anilines is 1. The quantitative estimate of drug-likeness (QED) is 0.375. The zero-order valence-electron chi connectivity index (χ0n) is 8.28. The molecule has 0 atom stereocenters. The molecule has 0 radical (unpaired) electrons. The zero-order valence-corrected chi connectivity index (χ0v) is 9.87. The van der Waals surface area contributed by atoms with Crippen molar-refractivity contribution in [3.63, 3.8) is 0 Å². The van der Waals surface area contributed by atoms with Crippen LogP contribution in [-0.2, 0) is 0 Å². The Morgan fingerprint density at radius 2 is 2.07 bits per heavy atom. The molecule has 0 bridgehead atoms. The Morgan fingerprint density at radius 1 is 1.33 bits per heavy atom. The van der Waals surface area contributed by atoms with E-state index in [4.69, 9.17) is 0 Å². The van der Waals surface area contributed by atoms with E-state index in [9.17, 15) is 10.1 Å². The lowest BCUT2D eigenvalue weighted by atomic mass is 10.2. The lowest BCUT2D eigenvalue weighted by Crippen LogP contribution is -2.04. The molecule has 0 aromatic heterocycles. The van der Waals surface area contributed by atoms with Gasteiger partial charge < -0.3 is 5.32 Å². The summed E-state index contributed by atoms with van der Waals surface area (Å²) in [4.78, 5) is 10.3. The molecule has 5 heteroatoms. The monoisotopic (exact) mass is 272 g/mol. The summed E-state index contributed by atoms with van der Waals surface area (Å²) in [6.45, 7) is 0.760. The molecule has 0 amide bonds. The minimum Gasteiger partial charge on any atom is -0.379 e. The van der Waals surface area contributed by atoms with Gasteiger partial charge in [-0.05, 0) is 18.9 Å². The first-order chi connectivity index (χ1) is 7.25. The Labute approximate surface area is 97.0 Å². The second kappa shape index (κ2) is 6.40. The number of nitro benzene ring substituents is 1. The van der Waals surface area contributed by atoms with Gasteiger partial charge in [-0.25, -0.2) is 0 Å². The lowest BCUT2D eigenvalue weighted by molar-refractivity contribution is -0.384. The average molecular weight is 273 g/mol. The molecule has 0 aliphatic heterocycles. The molecule has 0 unspecified atom stereocenters. The third-order valence-electron chi connectivity index (χ3n) is 1.98. The van der Waals surface area contributed by atoms with E-state index in [-0.39, 0.29) is 10.6 Å². The Hall–Kier alpha value is -1.10. The first kappa shape index (κ1) is 12.0. The number of nitrogens with one attached hydrogen (secondary N) is 1. The average Bonchev–Trinajstić information content (AvgIpc) is 2.25. The first-order valence-corrected chi connectivity index (χ1v) is 5.91. The Bertz CT molecular complexity index is 331. The Morgan fingerprint density at radius 3 is 2.73 bits per heavy atom. The highest BCUT2D eigenvalue weighted by Crippen LogP contribution is 2.22. The molecule has 0 aliphatic rings. The summed E-state index contributed by atoms with van der Waals surface area (Å²) in [7, 11) is 0. The van der Waals surface area contributed by atoms with Crippen molar-refractivity contribution in [2.45, 2.75) is 12.8 Å². The van der Waals surface area contributed by atoms with Crippen LogP contribution in [0.3, 0.4) is 0 Å². The molecular weight excluding hydrogens is 260 g/mol. The summed E-state index contributed by atoms with van der Waals surface area (Å²) in [6, 6.07) is 6.70. The molecule has 1 N–H and O–H groups in total. The summed E-state index contributed by atoms with van der Waals surface area (Å²) >= 11 is 3.34. The van der Waals surface area contributed by atoms with Gasteiger partial charge in [0.1, 0.15) is 5.69 Å². The van der Waals surface area contributed by atoms with Crippen molar-refractivity contribution in [3.05, 3.63) is 34.4 Å². The molecule has 0 fully saturated rings. The molecule has 0 saturated heterocycles. The van der Waals surface area contributed by atoms with Crippen LogP contribution in [0.15, 0.2) is 24.3 Å². The van der Waals surface area contributed by atoms with E-state index in [0.29, 0.717) is 5.69 Å². The van der Waals surface area contributed by atoms with Gasteiger partial charge >= 0.3 is 0 Å². The van der Waals surface area contributed by atoms with Gasteiger partial charge in [-0.1, -0.05) is 28.1 Å². The fourth-order valence-electron chi connectivity index (χ4n) is 1.22. The van der Waals surface area contributed by atoms with Crippen LogP contribution < -0.4 is 5.32 Å². The number of unbranched alkanes of at least 4 members (excludes halogenated alkanes) is 1. The van der Waals surface area contributed by atoms with Crippen molar-refractivity contribution >= 4 is 27.3 Å². The number of benzene rings is 1. The summed E-state index contributed by atoms with van der Waals surface area (Å²) < 4.78 is 0. The zero-order chi connectivity index (χ0) is 11.1. The molecule has 1 rings (SSSR count). The van der Waals surface area contributed by atoms with Crippen LogP contribution in [0.4, 0.5) is 11.4 Å². The highest BCUT2D eigenvalue weighted by atomic mass is 79.9. The van der Waals surface area contributed by atoms with Gasteiger partial charge in [0.15, 0.2) is 0 Å². The molecule has 0 aliphatic carbocycles. The summed E-state index contributed by atoms with van der Waals surface area (Å²) in [5.41, 5.74) is 0.730. The van der Waals surface area contributed by atoms with Crippen LogP contribution in [0.2, 0.25) is 0 Å². The molecule has 1 aromatic rings. The summed E-state index contributed by atoms with van der Waals surface area (Å²) in [5.74, 6) is 0. The van der Waals surface area contributed by atoms with Crippen LogP contribution in [-0.4, -0.2) is 16.8 Å². The van der Waals surface area contributed by atoms with Crippen LogP contribution in [0.5, 0.6) is 0 Å². The highest BCUT2D eigenvalue weighted by molar-refractivity contribution is 9.09. The van der Waals surface area contributed by atoms with Crippen molar-refractivity contribution in [3.8, 4) is 0 Å². The minimum absolute atomic E-state index is 0.136. The number of alkyl halides is 1. The summed E-state index contributed by atoms with van der Waals surface area (Å²) in [6.07, 6.45) is 2.06. The summed E-state index contributed by atoms with van der Waals surface area (Å²) in [5, 5.41) is 14.7. The number of hydrogen-bond donors (Lipinski definition) is 1. The third kappa shape index (κ3) is 3.87. The van der Waals surface area contributed by atoms with Gasteiger partial charge in [0.25, 0.3) is 5.69 Å². The fraction of sp³-hybridized carbons (Fsp3) is 0.400. The van der Waals surface area contributed by atoms with E-state index in [2.05, 4.69) is 21.2 Å². The van der Waals surface area contributed by atoms with Crippen LogP contribution in [0.1, 0.15) is 12.8 Å². The van der Waals surface area contributed by atoms with Crippen molar-refractivity contribution in [2.75, 3.05) is 17.2 Å². The normalized spacial score (nSPS) is 9.93. The third-order valence-corrected chi connectivity index (χ3v) is 2.54. The SMILES string of the molecule is O=[N+]([O-])c1ccccc1NCCCCBr. The van der Waals surface area contributed by atoms with Crippen LogP contribution >= 0.6 is 15.9 Å². The Balaban J connectivity index is 2.56. The Kier molecular flexibility index (Phi) is 5.10. The smallest absolute Gasteiger partial charge is 0.292 e. The molecule has 82 valence electrons. The maximum absolute atomic E-state index is 10.7. The van der Waals surface area contributed by atoms with Crippen LogP contribution in [0, 0.1) is 10.1 Å². The van der Waals surface area contributed by atoms with Crippen molar-refractivity contribution in [2.24, 2.45) is 0 Å². The van der Waals surface area contributed by atoms with E-state index in [0.717, 1.165) is 24.7 Å². The van der Waals surface area contributed by atoms with Gasteiger partial charge in [-0.2, -0.15) is 0 Å². The van der Waals surface area contributed by atoms with E-state index >= 15 is 0 Å². The van der Waals surface area contributed by atoms with E-state index in [1.807, 2.05) is 0 Å². The predicted octanol–water partition coefficient (Wildman–Crippen LogP) is 3.18. The van der Waals surface area contributed by atoms with E-state index < -0.39 is 0 Å². The predicted molar refractivity (Wildman–Crippen MR) is 64.6 cm³/mol. The molecule has 15 heavy (non-hydrogen) atoms. The first-order valence-electron chi connectivity index (χ1n) is 4.79. The fourth-order valence-corrected chi connectivity index (χ4v) is 1.62. The number of nitro groups is 1. The van der Waals surface area contributed by atoms with Crippen LogP contribution in [0.25, 0.3) is 0 Å². The highest BCUT2D eigenvalue weighted by Gasteiger charge is 2.10. The number of para-hydroxylation sites is 2. The number of hydrogen-bond acceptors (Lipinski definition) is 3. The second-order valence-electron chi connectivity index (χ2n) is 3.10. The molecule has 0 heterocycles. The standard InChI is InChI=1S/C10H13BrN2O2/c11-7-3-4-8-12-9-5-1-2-6-10(9)13(14)15/h1-2,5-6,12H,3-4,7-8H2. The lowest BCUT2D eigenvalue weighted by Gasteiger charge is -2.05. The van der Waals surface area contributed by atoms with Gasteiger partial charge in [-0.3, -0.25) is 10.1 Å². The molecule has 0 saturated carbocycles. The van der Waals surface area contributed by atoms with Gasteiger partial charge in [0, 0.05) is 17.9 Å². The van der Waals surface area contributed by atoms with Crippen molar-refractivity contribution in [1.82, 2.24) is 0 Å². The second-order valence-corrected chi connectivity index (χ2v) is 3.89. The molecular formula is C10H13BrN2O2. The largest absolute Gasteiger partial charge is 0.379 e. The maximum Gasteiger partial charge on any atom is 0.292 e. The van der Waals surface area contributed by atoms with Gasteiger partial charge in [-0.15, -0.1) is 0 Å². The van der Waals surface area contributed by atoms with E-state index in [1.165, 1.54) is 6.07 Å². The molecule has 4 nitrogen and oxygen atoms in total. The number of halogens is 1. The van der Waals surface area contributed by atoms with E-state index in [1.54, 1.807) is 18.2 Å². The topological polar surface area (TPSA) is 55.2 Å². The maximum atomic E-state index is 10.7. The number of nitrogens with zero attached hydrogens (tertiary/aromatic N) is 1. The van der Waals surface area contributed by atoms with Gasteiger partial charge in [0.2, 0.25) is 0 Å². The van der Waals surface area contributed by atoms with Crippen molar-refractivity contribution in [1.29, 1.82) is 0 Å².